The molecule has 0 amide bonds. The number of methoxy groups -OCH3 is 1. The lowest BCUT2D eigenvalue weighted by molar-refractivity contribution is -0.139. The van der Waals surface area contributed by atoms with Crippen molar-refractivity contribution in [2.45, 2.75) is 9.72 Å². The number of esters is 1. The molecular weight excluding hydrogens is 329 g/mol. The lowest BCUT2D eigenvalue weighted by Gasteiger charge is -2.10. The third-order valence-electron chi connectivity index (χ3n) is 2.04. The first-order valence-electron chi connectivity index (χ1n) is 4.84. The van der Waals surface area contributed by atoms with Crippen molar-refractivity contribution >= 4 is 31.9 Å². The van der Waals surface area contributed by atoms with Crippen molar-refractivity contribution < 1.29 is 22.3 Å². The van der Waals surface area contributed by atoms with Gasteiger partial charge in [0, 0.05) is 6.54 Å². The van der Waals surface area contributed by atoms with Crippen LogP contribution in [0.15, 0.2) is 29.2 Å². The van der Waals surface area contributed by atoms with Gasteiger partial charge in [-0.25, -0.2) is 17.5 Å². The van der Waals surface area contributed by atoms with Crippen LogP contribution in [0.5, 0.6) is 0 Å². The minimum absolute atomic E-state index is 0.233. The maximum Gasteiger partial charge on any atom is 0.320 e. The summed E-state index contributed by atoms with van der Waals surface area (Å²) in [7, 11) is -2.81. The van der Waals surface area contributed by atoms with Gasteiger partial charge in [0.25, 0.3) is 0 Å². The second-order valence-electron chi connectivity index (χ2n) is 3.27. The molecule has 1 atom stereocenters. The van der Waals surface area contributed by atoms with Gasteiger partial charge in [0.15, 0.2) is 0 Å². The molecule has 1 aromatic carbocycles. The zero-order valence-corrected chi connectivity index (χ0v) is 11.8. The first kappa shape index (κ1) is 15.1. The van der Waals surface area contributed by atoms with Crippen LogP contribution in [0, 0.1) is 5.82 Å². The zero-order chi connectivity index (χ0) is 13.8. The number of ether oxygens (including phenoxy) is 1. The van der Waals surface area contributed by atoms with Crippen LogP contribution in [-0.4, -0.2) is 32.9 Å². The van der Waals surface area contributed by atoms with Gasteiger partial charge in [0.1, 0.15) is 15.5 Å². The highest BCUT2D eigenvalue weighted by Crippen LogP contribution is 2.13. The van der Waals surface area contributed by atoms with Gasteiger partial charge in [-0.3, -0.25) is 4.79 Å². The van der Waals surface area contributed by atoms with E-state index in [0.717, 1.165) is 12.1 Å². The molecule has 0 aliphatic heterocycles. The average molecular weight is 340 g/mol. The number of alkyl halides is 1. The normalized spacial score (nSPS) is 13.1. The first-order chi connectivity index (χ1) is 8.38. The molecule has 0 saturated carbocycles. The molecule has 100 valence electrons. The molecule has 0 bridgehead atoms. The Labute approximate surface area is 113 Å². The van der Waals surface area contributed by atoms with Crippen molar-refractivity contribution in [1.29, 1.82) is 0 Å². The van der Waals surface area contributed by atoms with E-state index in [4.69, 9.17) is 0 Å². The molecule has 1 aromatic rings. The number of hydrogen-bond acceptors (Lipinski definition) is 4. The monoisotopic (exact) mass is 339 g/mol. The topological polar surface area (TPSA) is 72.5 Å². The summed E-state index contributed by atoms with van der Waals surface area (Å²) >= 11 is 2.95. The molecule has 0 heterocycles. The smallest absolute Gasteiger partial charge is 0.320 e. The van der Waals surface area contributed by atoms with Crippen LogP contribution in [0.25, 0.3) is 0 Å². The summed E-state index contributed by atoms with van der Waals surface area (Å²) in [6.45, 7) is -0.233. The summed E-state index contributed by atoms with van der Waals surface area (Å²) in [5.74, 6) is -1.47. The summed E-state index contributed by atoms with van der Waals surface area (Å²) < 4.78 is 43.3. The van der Waals surface area contributed by atoms with Crippen LogP contribution >= 0.6 is 15.9 Å². The minimum atomic E-state index is -3.99. The number of benzene rings is 1. The zero-order valence-electron chi connectivity index (χ0n) is 9.39. The molecule has 18 heavy (non-hydrogen) atoms. The number of carbonyl (C=O) groups is 1. The van der Waals surface area contributed by atoms with Crippen LogP contribution in [0.3, 0.4) is 0 Å². The van der Waals surface area contributed by atoms with E-state index in [-0.39, 0.29) is 6.54 Å². The largest absolute Gasteiger partial charge is 0.468 e. The van der Waals surface area contributed by atoms with Crippen molar-refractivity contribution in [3.63, 3.8) is 0 Å². The van der Waals surface area contributed by atoms with E-state index >= 15 is 0 Å². The minimum Gasteiger partial charge on any atom is -0.468 e. The highest BCUT2D eigenvalue weighted by Gasteiger charge is 2.22. The molecule has 1 rings (SSSR count). The third-order valence-corrected chi connectivity index (χ3v) is 4.19. The van der Waals surface area contributed by atoms with Gasteiger partial charge in [-0.2, -0.15) is 0 Å². The molecule has 8 heteroatoms. The highest BCUT2D eigenvalue weighted by molar-refractivity contribution is 9.10. The molecule has 0 saturated heterocycles. The van der Waals surface area contributed by atoms with E-state index in [1.54, 1.807) is 0 Å². The summed E-state index contributed by atoms with van der Waals surface area (Å²) in [5, 5.41) is 0. The molecule has 0 aliphatic rings. The molecule has 0 fully saturated rings. The molecule has 1 N–H and O–H groups in total. The first-order valence-corrected chi connectivity index (χ1v) is 7.24. The Hall–Kier alpha value is -0.990. The van der Waals surface area contributed by atoms with Gasteiger partial charge in [-0.05, 0) is 12.1 Å². The van der Waals surface area contributed by atoms with Crippen LogP contribution < -0.4 is 4.72 Å². The molecule has 5 nitrogen and oxygen atoms in total. The van der Waals surface area contributed by atoms with Gasteiger partial charge < -0.3 is 4.74 Å². The van der Waals surface area contributed by atoms with Crippen LogP contribution in [0.4, 0.5) is 4.39 Å². The summed E-state index contributed by atoms with van der Waals surface area (Å²) in [6, 6.07) is 4.97. The fourth-order valence-electron chi connectivity index (χ4n) is 1.13. The molecule has 0 radical (unpaired) electrons. The summed E-state index contributed by atoms with van der Waals surface area (Å²) in [5.41, 5.74) is 0. The Bertz CT molecular complexity index is 534. The van der Waals surface area contributed by atoms with Crippen molar-refractivity contribution in [1.82, 2.24) is 4.72 Å². The number of nitrogens with one attached hydrogen (secondary N) is 1. The van der Waals surface area contributed by atoms with Gasteiger partial charge in [0.2, 0.25) is 10.0 Å². The number of sulfonamides is 1. The van der Waals surface area contributed by atoms with Crippen LogP contribution in [0.2, 0.25) is 0 Å². The Morgan fingerprint density at radius 2 is 2.11 bits per heavy atom. The summed E-state index contributed by atoms with van der Waals surface area (Å²) in [6.07, 6.45) is 0. The number of carbonyl (C=O) groups excluding carboxylic acids is 1. The molecule has 0 aliphatic carbocycles. The Morgan fingerprint density at radius 3 is 2.67 bits per heavy atom. The fraction of sp³-hybridized carbons (Fsp3) is 0.300. The molecule has 0 aromatic heterocycles. The maximum absolute atomic E-state index is 13.3. The van der Waals surface area contributed by atoms with Crippen molar-refractivity contribution in [2.75, 3.05) is 13.7 Å². The second-order valence-corrected chi connectivity index (χ2v) is 6.11. The number of halogens is 2. The predicted octanol–water partition coefficient (Wildman–Crippen LogP) is 1.04. The second kappa shape index (κ2) is 6.26. The Kier molecular flexibility index (Phi) is 5.24. The van der Waals surface area contributed by atoms with E-state index in [0.29, 0.717) is 0 Å². The van der Waals surface area contributed by atoms with E-state index in [9.17, 15) is 17.6 Å². The predicted molar refractivity (Wildman–Crippen MR) is 66.3 cm³/mol. The fourth-order valence-corrected chi connectivity index (χ4v) is 2.82. The van der Waals surface area contributed by atoms with E-state index < -0.39 is 31.5 Å². The Morgan fingerprint density at radius 1 is 1.50 bits per heavy atom. The van der Waals surface area contributed by atoms with Crippen molar-refractivity contribution in [2.24, 2.45) is 0 Å². The SMILES string of the molecule is COC(=O)C(Br)CNS(=O)(=O)c1ccccc1F. The van der Waals surface area contributed by atoms with Gasteiger partial charge in [-0.1, -0.05) is 28.1 Å². The van der Waals surface area contributed by atoms with Crippen LogP contribution in [-0.2, 0) is 19.6 Å². The van der Waals surface area contributed by atoms with E-state index in [1.165, 1.54) is 19.2 Å². The highest BCUT2D eigenvalue weighted by atomic mass is 79.9. The van der Waals surface area contributed by atoms with Crippen molar-refractivity contribution in [3.05, 3.63) is 30.1 Å². The van der Waals surface area contributed by atoms with Gasteiger partial charge >= 0.3 is 5.97 Å². The number of rotatable bonds is 5. The quantitative estimate of drug-likeness (QED) is 0.642. The van der Waals surface area contributed by atoms with Gasteiger partial charge in [-0.15, -0.1) is 0 Å². The maximum atomic E-state index is 13.3. The van der Waals surface area contributed by atoms with Crippen LogP contribution in [0.1, 0.15) is 0 Å². The average Bonchev–Trinajstić information content (AvgIpc) is 2.35. The van der Waals surface area contributed by atoms with Crippen molar-refractivity contribution in [3.8, 4) is 0 Å². The van der Waals surface area contributed by atoms with E-state index in [1.807, 2.05) is 0 Å². The molecular formula is C10H11BrFNO4S. The molecule has 0 spiro atoms. The number of hydrogen-bond donors (Lipinski definition) is 1. The lowest BCUT2D eigenvalue weighted by atomic mass is 10.4. The van der Waals surface area contributed by atoms with E-state index in [2.05, 4.69) is 25.4 Å². The standard InChI is InChI=1S/C10H11BrFNO4S/c1-17-10(14)7(11)6-13-18(15,16)9-5-3-2-4-8(9)12/h2-5,7,13H,6H2,1H3. The summed E-state index contributed by atoms with van der Waals surface area (Å²) in [4.78, 5) is 9.76. The Balaban J connectivity index is 2.78. The van der Waals surface area contributed by atoms with Gasteiger partial charge in [0.05, 0.1) is 7.11 Å². The third kappa shape index (κ3) is 3.76. The lowest BCUT2D eigenvalue weighted by Crippen LogP contribution is -2.34. The molecule has 1 unspecified atom stereocenters.